The summed E-state index contributed by atoms with van der Waals surface area (Å²) in [6.07, 6.45) is 1.13. The molecular formula is C26H24ClN3O4. The Bertz CT molecular complexity index is 1170. The van der Waals surface area contributed by atoms with E-state index >= 15 is 0 Å². The average molecular weight is 478 g/mol. The van der Waals surface area contributed by atoms with Crippen molar-refractivity contribution in [3.63, 3.8) is 0 Å². The smallest absolute Gasteiger partial charge is 0.293 e. The van der Waals surface area contributed by atoms with E-state index in [1.807, 2.05) is 29.2 Å². The van der Waals surface area contributed by atoms with Gasteiger partial charge in [0.25, 0.3) is 5.91 Å². The fraction of sp³-hybridized carbons (Fsp3) is 0.154. The molecule has 1 saturated heterocycles. The first-order valence-electron chi connectivity index (χ1n) is 10.7. The maximum absolute atomic E-state index is 13.3. The van der Waals surface area contributed by atoms with E-state index < -0.39 is 5.91 Å². The molecule has 174 valence electrons. The minimum absolute atomic E-state index is 0.0178. The zero-order valence-electron chi connectivity index (χ0n) is 18.3. The minimum atomic E-state index is -0.477. The SMILES string of the molecule is N=C/C(=C(/Oc1ccc(-c2ccc(O)cc2)cc1)C(=O)Nc1ccc(Cl)cc1)N1CCOCC1. The number of amides is 1. The van der Waals surface area contributed by atoms with Gasteiger partial charge in [-0.1, -0.05) is 35.9 Å². The predicted octanol–water partition coefficient (Wildman–Crippen LogP) is 4.92. The molecule has 34 heavy (non-hydrogen) atoms. The highest BCUT2D eigenvalue weighted by atomic mass is 35.5. The van der Waals surface area contributed by atoms with Gasteiger partial charge in [-0.15, -0.1) is 0 Å². The van der Waals surface area contributed by atoms with Gasteiger partial charge < -0.3 is 30.2 Å². The lowest BCUT2D eigenvalue weighted by Crippen LogP contribution is -2.38. The van der Waals surface area contributed by atoms with Gasteiger partial charge in [0.2, 0.25) is 5.76 Å². The minimum Gasteiger partial charge on any atom is -0.508 e. The summed E-state index contributed by atoms with van der Waals surface area (Å²) in [4.78, 5) is 15.2. The van der Waals surface area contributed by atoms with Crippen molar-refractivity contribution in [2.45, 2.75) is 0 Å². The Morgan fingerprint density at radius 1 is 0.971 bits per heavy atom. The van der Waals surface area contributed by atoms with Gasteiger partial charge in [-0.25, -0.2) is 0 Å². The molecular weight excluding hydrogens is 454 g/mol. The molecule has 0 saturated carbocycles. The Labute approximate surface area is 202 Å². The van der Waals surface area contributed by atoms with Crippen LogP contribution in [0.5, 0.6) is 11.5 Å². The molecule has 3 aromatic carbocycles. The number of morpholine rings is 1. The zero-order valence-corrected chi connectivity index (χ0v) is 19.1. The van der Waals surface area contributed by atoms with Crippen molar-refractivity contribution in [1.82, 2.24) is 4.90 Å². The number of benzene rings is 3. The lowest BCUT2D eigenvalue weighted by Gasteiger charge is -2.30. The first-order chi connectivity index (χ1) is 16.5. The summed E-state index contributed by atoms with van der Waals surface area (Å²) in [7, 11) is 0. The lowest BCUT2D eigenvalue weighted by atomic mass is 10.1. The number of allylic oxidation sites excluding steroid dienone is 1. The van der Waals surface area contributed by atoms with Crippen LogP contribution in [0.1, 0.15) is 0 Å². The number of hydrogen-bond donors (Lipinski definition) is 3. The van der Waals surface area contributed by atoms with Gasteiger partial charge in [-0.2, -0.15) is 0 Å². The summed E-state index contributed by atoms with van der Waals surface area (Å²) in [5.74, 6) is 0.197. The maximum Gasteiger partial charge on any atom is 0.293 e. The summed E-state index contributed by atoms with van der Waals surface area (Å²) < 4.78 is 11.5. The third-order valence-electron chi connectivity index (χ3n) is 5.30. The Kier molecular flexibility index (Phi) is 7.47. The molecule has 8 heteroatoms. The Hall–Kier alpha value is -3.81. The van der Waals surface area contributed by atoms with Crippen LogP contribution < -0.4 is 10.1 Å². The van der Waals surface area contributed by atoms with Crippen LogP contribution in [0.15, 0.2) is 84.3 Å². The summed E-state index contributed by atoms with van der Waals surface area (Å²) in [6.45, 7) is 2.10. The van der Waals surface area contributed by atoms with Crippen LogP contribution >= 0.6 is 11.6 Å². The summed E-state index contributed by atoms with van der Waals surface area (Å²) in [5.41, 5.74) is 2.81. The number of ether oxygens (including phenoxy) is 2. The van der Waals surface area contributed by atoms with Gasteiger partial charge >= 0.3 is 0 Å². The Morgan fingerprint density at radius 2 is 1.56 bits per heavy atom. The molecule has 0 bridgehead atoms. The van der Waals surface area contributed by atoms with Crippen LogP contribution in [0.2, 0.25) is 5.02 Å². The molecule has 0 unspecified atom stereocenters. The molecule has 0 radical (unpaired) electrons. The van der Waals surface area contributed by atoms with Crippen LogP contribution in [0.4, 0.5) is 5.69 Å². The number of anilines is 1. The lowest BCUT2D eigenvalue weighted by molar-refractivity contribution is -0.115. The van der Waals surface area contributed by atoms with Crippen molar-refractivity contribution in [2.75, 3.05) is 31.6 Å². The average Bonchev–Trinajstić information content (AvgIpc) is 2.87. The number of halogens is 1. The predicted molar refractivity (Wildman–Crippen MR) is 132 cm³/mol. The van der Waals surface area contributed by atoms with E-state index in [0.717, 1.165) is 17.3 Å². The normalized spacial score (nSPS) is 14.2. The highest BCUT2D eigenvalue weighted by molar-refractivity contribution is 6.30. The highest BCUT2D eigenvalue weighted by Crippen LogP contribution is 2.26. The molecule has 0 aliphatic carbocycles. The van der Waals surface area contributed by atoms with Gasteiger partial charge in [-0.05, 0) is 59.7 Å². The quantitative estimate of drug-likeness (QED) is 0.255. The zero-order chi connectivity index (χ0) is 23.9. The van der Waals surface area contributed by atoms with E-state index in [4.69, 9.17) is 26.5 Å². The fourth-order valence-corrected chi connectivity index (χ4v) is 3.65. The number of phenolic OH excluding ortho intramolecular Hbond substituents is 1. The van der Waals surface area contributed by atoms with E-state index in [0.29, 0.717) is 48.5 Å². The molecule has 3 N–H and O–H groups in total. The standard InChI is InChI=1S/C26H24ClN3O4/c27-20-5-7-21(8-6-20)29-26(32)25(24(17-28)30-13-15-33-16-14-30)34-23-11-3-19(4-12-23)18-1-9-22(31)10-2-18/h1-12,17,28,31H,13-16H2,(H,29,32)/b25-24-,28-17?. The van der Waals surface area contributed by atoms with Crippen LogP contribution in [-0.4, -0.2) is 48.4 Å². The second kappa shape index (κ2) is 10.9. The van der Waals surface area contributed by atoms with Crippen molar-refractivity contribution in [3.8, 4) is 22.6 Å². The number of hydrogen-bond acceptors (Lipinski definition) is 6. The van der Waals surface area contributed by atoms with Crippen molar-refractivity contribution in [3.05, 3.63) is 89.3 Å². The molecule has 0 aromatic heterocycles. The maximum atomic E-state index is 13.3. The molecule has 1 fully saturated rings. The molecule has 4 rings (SSSR count). The Morgan fingerprint density at radius 3 is 2.15 bits per heavy atom. The first-order valence-corrected chi connectivity index (χ1v) is 11.1. The molecule has 1 amide bonds. The van der Waals surface area contributed by atoms with Crippen molar-refractivity contribution in [2.24, 2.45) is 0 Å². The number of nitrogens with one attached hydrogen (secondary N) is 2. The number of phenols is 1. The van der Waals surface area contributed by atoms with Gasteiger partial charge in [0.1, 0.15) is 17.2 Å². The third kappa shape index (κ3) is 5.75. The topological polar surface area (TPSA) is 94.9 Å². The van der Waals surface area contributed by atoms with E-state index in [1.165, 1.54) is 0 Å². The van der Waals surface area contributed by atoms with Crippen LogP contribution in [0.3, 0.4) is 0 Å². The van der Waals surface area contributed by atoms with Gasteiger partial charge in [0, 0.05) is 30.0 Å². The van der Waals surface area contributed by atoms with E-state index in [9.17, 15) is 9.90 Å². The van der Waals surface area contributed by atoms with E-state index in [1.54, 1.807) is 48.5 Å². The monoisotopic (exact) mass is 477 g/mol. The molecule has 3 aromatic rings. The van der Waals surface area contributed by atoms with Crippen molar-refractivity contribution in [1.29, 1.82) is 5.41 Å². The molecule has 0 atom stereocenters. The largest absolute Gasteiger partial charge is 0.508 e. The molecule has 1 aliphatic rings. The fourth-order valence-electron chi connectivity index (χ4n) is 3.53. The number of rotatable bonds is 7. The molecule has 0 spiro atoms. The molecule has 1 heterocycles. The van der Waals surface area contributed by atoms with Crippen LogP contribution in [0.25, 0.3) is 11.1 Å². The van der Waals surface area contributed by atoms with Gasteiger partial charge in [0.05, 0.1) is 13.2 Å². The van der Waals surface area contributed by atoms with Crippen molar-refractivity contribution >= 4 is 29.4 Å². The number of carbonyl (C=O) groups excluding carboxylic acids is 1. The number of aromatic hydroxyl groups is 1. The highest BCUT2D eigenvalue weighted by Gasteiger charge is 2.23. The third-order valence-corrected chi connectivity index (χ3v) is 5.56. The van der Waals surface area contributed by atoms with E-state index in [-0.39, 0.29) is 11.5 Å². The van der Waals surface area contributed by atoms with Crippen molar-refractivity contribution < 1.29 is 19.4 Å². The summed E-state index contributed by atoms with van der Waals surface area (Å²) >= 11 is 5.95. The first kappa shape index (κ1) is 23.4. The van der Waals surface area contributed by atoms with E-state index in [2.05, 4.69) is 5.32 Å². The van der Waals surface area contributed by atoms with Crippen LogP contribution in [-0.2, 0) is 9.53 Å². The second-order valence-corrected chi connectivity index (χ2v) is 8.03. The Balaban J connectivity index is 1.62. The van der Waals surface area contributed by atoms with Crippen LogP contribution in [0, 0.1) is 5.41 Å². The second-order valence-electron chi connectivity index (χ2n) is 7.59. The number of carbonyl (C=O) groups is 1. The summed E-state index contributed by atoms with van der Waals surface area (Å²) in [6, 6.07) is 20.9. The van der Waals surface area contributed by atoms with Gasteiger partial charge in [0.15, 0.2) is 0 Å². The molecule has 7 nitrogen and oxygen atoms in total. The summed E-state index contributed by atoms with van der Waals surface area (Å²) in [5, 5.41) is 20.9. The van der Waals surface area contributed by atoms with Gasteiger partial charge in [-0.3, -0.25) is 4.79 Å². The number of nitrogens with zero attached hydrogens (tertiary/aromatic N) is 1. The molecule has 1 aliphatic heterocycles.